The van der Waals surface area contributed by atoms with Gasteiger partial charge in [-0.15, -0.1) is 0 Å². The summed E-state index contributed by atoms with van der Waals surface area (Å²) in [5, 5.41) is 11.1. The maximum absolute atomic E-state index is 11.5. The highest BCUT2D eigenvalue weighted by molar-refractivity contribution is 5.91. The van der Waals surface area contributed by atoms with Crippen LogP contribution in [0.4, 0.5) is 22.7 Å². The van der Waals surface area contributed by atoms with Crippen LogP contribution in [0.25, 0.3) is 48.6 Å². The lowest BCUT2D eigenvalue weighted by Crippen LogP contribution is -2.05. The standard InChI is InChI=1S/C44H40N6O4/c1-29(51)45-37-17-5-33(6-18-37)13-25-41-42(26-14-34-7-19-38(20-8-34)46-30(2)52)50-44(28-16-36-11-23-40(24-12-36)48-32(4)54)43(49-41)27-15-35-9-21-39(22-10-35)47-31(3)53/h5-28H,1-4H3,(H,45,51)(H,46,52)(H,47,53)(H,48,54). The van der Waals surface area contributed by atoms with Crippen molar-refractivity contribution in [1.82, 2.24) is 9.97 Å². The minimum atomic E-state index is -0.143. The zero-order valence-corrected chi connectivity index (χ0v) is 30.4. The number of rotatable bonds is 12. The van der Waals surface area contributed by atoms with Crippen molar-refractivity contribution in [2.45, 2.75) is 27.7 Å². The van der Waals surface area contributed by atoms with Gasteiger partial charge in [-0.2, -0.15) is 0 Å². The Balaban J connectivity index is 1.57. The number of amides is 4. The molecule has 0 aliphatic carbocycles. The second-order valence-corrected chi connectivity index (χ2v) is 12.3. The van der Waals surface area contributed by atoms with E-state index in [2.05, 4.69) is 21.3 Å². The van der Waals surface area contributed by atoms with Crippen LogP contribution in [0.3, 0.4) is 0 Å². The molecule has 4 N–H and O–H groups in total. The fourth-order valence-electron chi connectivity index (χ4n) is 5.20. The first-order valence-electron chi connectivity index (χ1n) is 17.1. The summed E-state index contributed by atoms with van der Waals surface area (Å²) in [5.74, 6) is -0.574. The minimum Gasteiger partial charge on any atom is -0.326 e. The molecule has 0 fully saturated rings. The quantitative estimate of drug-likeness (QED) is 0.102. The maximum Gasteiger partial charge on any atom is 0.221 e. The second kappa shape index (κ2) is 18.3. The average Bonchev–Trinajstić information content (AvgIpc) is 3.13. The molecule has 1 heterocycles. The summed E-state index contributed by atoms with van der Waals surface area (Å²) >= 11 is 0. The van der Waals surface area contributed by atoms with Crippen LogP contribution in [-0.4, -0.2) is 33.6 Å². The third-order valence-corrected chi connectivity index (χ3v) is 7.67. The van der Waals surface area contributed by atoms with Crippen molar-refractivity contribution in [2.24, 2.45) is 0 Å². The normalized spacial score (nSPS) is 11.3. The number of hydrogen-bond acceptors (Lipinski definition) is 6. The van der Waals surface area contributed by atoms with Gasteiger partial charge in [0.1, 0.15) is 0 Å². The van der Waals surface area contributed by atoms with Gasteiger partial charge in [0.15, 0.2) is 0 Å². The molecule has 54 heavy (non-hydrogen) atoms. The average molecular weight is 717 g/mol. The smallest absolute Gasteiger partial charge is 0.221 e. The Morgan fingerprint density at radius 2 is 0.519 bits per heavy atom. The second-order valence-electron chi connectivity index (χ2n) is 12.3. The molecule has 0 spiro atoms. The Bertz CT molecular complexity index is 1930. The summed E-state index contributed by atoms with van der Waals surface area (Å²) in [4.78, 5) is 56.2. The fourth-order valence-corrected chi connectivity index (χ4v) is 5.20. The number of carbonyl (C=O) groups is 4. The number of hydrogen-bond donors (Lipinski definition) is 4. The van der Waals surface area contributed by atoms with Gasteiger partial charge in [0, 0.05) is 50.4 Å². The Labute approximate surface area is 314 Å². The number of benzene rings is 4. The predicted molar refractivity (Wildman–Crippen MR) is 221 cm³/mol. The lowest BCUT2D eigenvalue weighted by atomic mass is 10.1. The van der Waals surface area contributed by atoms with Crippen molar-refractivity contribution < 1.29 is 19.2 Å². The molecule has 270 valence electrons. The molecule has 0 atom stereocenters. The van der Waals surface area contributed by atoms with E-state index >= 15 is 0 Å². The van der Waals surface area contributed by atoms with Crippen molar-refractivity contribution in [1.29, 1.82) is 0 Å². The highest BCUT2D eigenvalue weighted by Crippen LogP contribution is 2.22. The SMILES string of the molecule is CC(=O)Nc1ccc(C=Cc2nc(C=Cc3ccc(NC(C)=O)cc3)c(C=Cc3ccc(NC(C)=O)cc3)nc2C=Cc2ccc(NC(C)=O)cc2)cc1. The molecule has 0 radical (unpaired) electrons. The first-order valence-corrected chi connectivity index (χ1v) is 17.1. The van der Waals surface area contributed by atoms with Gasteiger partial charge >= 0.3 is 0 Å². The molecule has 0 unspecified atom stereocenters. The summed E-state index contributed by atoms with van der Waals surface area (Å²) in [6.07, 6.45) is 15.3. The van der Waals surface area contributed by atoms with Gasteiger partial charge in [0.2, 0.25) is 23.6 Å². The van der Waals surface area contributed by atoms with Crippen LogP contribution in [0.15, 0.2) is 97.1 Å². The Hall–Kier alpha value is -7.20. The number of carbonyl (C=O) groups excluding carboxylic acids is 4. The first-order chi connectivity index (χ1) is 26.0. The molecule has 0 aliphatic heterocycles. The summed E-state index contributed by atoms with van der Waals surface area (Å²) in [7, 11) is 0. The molecule has 4 amide bonds. The van der Waals surface area contributed by atoms with Crippen LogP contribution in [-0.2, 0) is 19.2 Å². The molecule has 5 rings (SSSR count). The Morgan fingerprint density at radius 1 is 0.333 bits per heavy atom. The van der Waals surface area contributed by atoms with Gasteiger partial charge in [0.05, 0.1) is 22.8 Å². The van der Waals surface area contributed by atoms with Gasteiger partial charge in [-0.05, 0) is 95.1 Å². The molecule has 0 aliphatic rings. The summed E-state index contributed by atoms with van der Waals surface area (Å²) in [6.45, 7) is 5.87. The van der Waals surface area contributed by atoms with E-state index < -0.39 is 0 Å². The topological polar surface area (TPSA) is 142 Å². The zero-order chi connectivity index (χ0) is 38.5. The van der Waals surface area contributed by atoms with E-state index in [0.717, 1.165) is 22.3 Å². The molecular formula is C44H40N6O4. The van der Waals surface area contributed by atoms with Crippen molar-refractivity contribution in [3.63, 3.8) is 0 Å². The van der Waals surface area contributed by atoms with Crippen molar-refractivity contribution in [2.75, 3.05) is 21.3 Å². The highest BCUT2D eigenvalue weighted by atomic mass is 16.2. The molecule has 5 aromatic rings. The van der Waals surface area contributed by atoms with Crippen molar-refractivity contribution in [3.05, 3.63) is 142 Å². The molecule has 0 saturated carbocycles. The van der Waals surface area contributed by atoms with Gasteiger partial charge in [0.25, 0.3) is 0 Å². The molecule has 0 saturated heterocycles. The van der Waals surface area contributed by atoms with Crippen LogP contribution >= 0.6 is 0 Å². The number of anilines is 4. The lowest BCUT2D eigenvalue weighted by Gasteiger charge is -2.08. The van der Waals surface area contributed by atoms with Crippen LogP contribution in [0.1, 0.15) is 72.7 Å². The maximum atomic E-state index is 11.5. The largest absolute Gasteiger partial charge is 0.326 e. The molecule has 10 nitrogen and oxygen atoms in total. The third-order valence-electron chi connectivity index (χ3n) is 7.67. The van der Waals surface area contributed by atoms with Crippen molar-refractivity contribution >= 4 is 95.0 Å². The first kappa shape index (κ1) is 38.0. The van der Waals surface area contributed by atoms with E-state index in [-0.39, 0.29) is 23.6 Å². The number of nitrogens with zero attached hydrogens (tertiary/aromatic N) is 2. The van der Waals surface area contributed by atoms with Gasteiger partial charge in [-0.25, -0.2) is 9.97 Å². The Morgan fingerprint density at radius 3 is 0.685 bits per heavy atom. The van der Waals surface area contributed by atoms with E-state index in [1.165, 1.54) is 27.7 Å². The Kier molecular flexibility index (Phi) is 12.9. The van der Waals surface area contributed by atoms with Gasteiger partial charge < -0.3 is 21.3 Å². The van der Waals surface area contributed by atoms with E-state index in [1.807, 2.05) is 146 Å². The number of nitrogens with one attached hydrogen (secondary N) is 4. The van der Waals surface area contributed by atoms with E-state index in [4.69, 9.17) is 9.97 Å². The summed E-state index contributed by atoms with van der Waals surface area (Å²) < 4.78 is 0. The van der Waals surface area contributed by atoms with Crippen molar-refractivity contribution in [3.8, 4) is 0 Å². The van der Waals surface area contributed by atoms with Crippen LogP contribution < -0.4 is 21.3 Å². The van der Waals surface area contributed by atoms with Crippen LogP contribution in [0.2, 0.25) is 0 Å². The summed E-state index contributed by atoms with van der Waals surface area (Å²) in [5.41, 5.74) is 8.86. The summed E-state index contributed by atoms with van der Waals surface area (Å²) in [6, 6.07) is 29.9. The van der Waals surface area contributed by atoms with Crippen LogP contribution in [0.5, 0.6) is 0 Å². The molecule has 4 aromatic carbocycles. The molecule has 1 aromatic heterocycles. The fraction of sp³-hybridized carbons (Fsp3) is 0.0909. The molecular weight excluding hydrogens is 677 g/mol. The van der Waals surface area contributed by atoms with Gasteiger partial charge in [-0.1, -0.05) is 72.8 Å². The zero-order valence-electron chi connectivity index (χ0n) is 30.4. The monoisotopic (exact) mass is 716 g/mol. The molecule has 10 heteroatoms. The number of aromatic nitrogens is 2. The van der Waals surface area contributed by atoms with E-state index in [0.29, 0.717) is 45.5 Å². The lowest BCUT2D eigenvalue weighted by molar-refractivity contribution is -0.115. The van der Waals surface area contributed by atoms with E-state index in [1.54, 1.807) is 0 Å². The third kappa shape index (κ3) is 12.0. The molecule has 0 bridgehead atoms. The highest BCUT2D eigenvalue weighted by Gasteiger charge is 2.09. The minimum absolute atomic E-state index is 0.143. The van der Waals surface area contributed by atoms with E-state index in [9.17, 15) is 19.2 Å². The van der Waals surface area contributed by atoms with Gasteiger partial charge in [-0.3, -0.25) is 19.2 Å². The van der Waals surface area contributed by atoms with Crippen LogP contribution in [0, 0.1) is 0 Å². The predicted octanol–water partition coefficient (Wildman–Crippen LogP) is 8.99.